The number of hydrogen-bond donors (Lipinski definition) is 2. The monoisotopic (exact) mass is 487 g/mol. The Morgan fingerprint density at radius 2 is 1.51 bits per heavy atom. The minimum absolute atomic E-state index is 0.667. The molecule has 0 spiro atoms. The third-order valence-electron chi connectivity index (χ3n) is 7.02. The van der Waals surface area contributed by atoms with Gasteiger partial charge in [-0.25, -0.2) is 0 Å². The van der Waals surface area contributed by atoms with Gasteiger partial charge in [0.25, 0.3) is 0 Å². The molecule has 3 aromatic carbocycles. The van der Waals surface area contributed by atoms with Crippen molar-refractivity contribution in [3.8, 4) is 33.7 Å². The summed E-state index contributed by atoms with van der Waals surface area (Å²) in [5.41, 5.74) is 7.50. The molecule has 0 radical (unpaired) electrons. The van der Waals surface area contributed by atoms with E-state index in [1.54, 1.807) is 6.20 Å². The Balaban J connectivity index is 1.27. The number of aromatic nitrogens is 2. The van der Waals surface area contributed by atoms with Crippen LogP contribution < -0.4 is 5.32 Å². The van der Waals surface area contributed by atoms with Gasteiger partial charge < -0.3 is 14.9 Å². The standard InChI is InChI=1S/C31H25N3O3/c1-20-28(27-19-26(15-18-32-27)33-25-5-3-2-4-6-25)29(37-34-20)23-9-7-21(8-10-23)22-11-13-24(14-12-22)31(16-17-31)30(35)36/h2-15,18-19H,16-17H2,1H3,(H,32,33)(H,35,36). The summed E-state index contributed by atoms with van der Waals surface area (Å²) in [7, 11) is 0. The molecule has 5 aromatic rings. The average molecular weight is 488 g/mol. The predicted molar refractivity (Wildman–Crippen MR) is 144 cm³/mol. The number of nitrogens with one attached hydrogen (secondary N) is 1. The maximum Gasteiger partial charge on any atom is 0.314 e. The van der Waals surface area contributed by atoms with Gasteiger partial charge in [-0.2, -0.15) is 0 Å². The summed E-state index contributed by atoms with van der Waals surface area (Å²) < 4.78 is 5.76. The van der Waals surface area contributed by atoms with Crippen LogP contribution in [0, 0.1) is 6.92 Å². The van der Waals surface area contributed by atoms with E-state index in [0.717, 1.165) is 50.6 Å². The van der Waals surface area contributed by atoms with E-state index in [1.165, 1.54) is 0 Å². The van der Waals surface area contributed by atoms with Crippen LogP contribution in [0.2, 0.25) is 0 Å². The Kier molecular flexibility index (Phi) is 5.57. The number of carbonyl (C=O) groups is 1. The third-order valence-corrected chi connectivity index (χ3v) is 7.02. The Bertz CT molecular complexity index is 1570. The molecule has 0 saturated heterocycles. The molecular weight excluding hydrogens is 462 g/mol. The van der Waals surface area contributed by atoms with Gasteiger partial charge in [-0.05, 0) is 60.7 Å². The summed E-state index contributed by atoms with van der Waals surface area (Å²) in [6, 6.07) is 29.9. The minimum atomic E-state index is -0.737. The summed E-state index contributed by atoms with van der Waals surface area (Å²) in [5.74, 6) is -0.0699. The van der Waals surface area contributed by atoms with E-state index in [1.807, 2.05) is 97.9 Å². The molecule has 182 valence electrons. The van der Waals surface area contributed by atoms with Gasteiger partial charge in [0.1, 0.15) is 0 Å². The maximum absolute atomic E-state index is 11.6. The molecule has 2 N–H and O–H groups in total. The second-order valence-corrected chi connectivity index (χ2v) is 9.43. The van der Waals surface area contributed by atoms with Crippen LogP contribution in [0.25, 0.3) is 33.7 Å². The fourth-order valence-corrected chi connectivity index (χ4v) is 4.75. The van der Waals surface area contributed by atoms with E-state index >= 15 is 0 Å². The number of pyridine rings is 1. The zero-order chi connectivity index (χ0) is 25.4. The second-order valence-electron chi connectivity index (χ2n) is 9.43. The number of benzene rings is 3. The molecule has 6 heteroatoms. The molecule has 2 heterocycles. The highest BCUT2D eigenvalue weighted by Crippen LogP contribution is 2.48. The summed E-state index contributed by atoms with van der Waals surface area (Å²) in [6.07, 6.45) is 3.19. The Hall–Kier alpha value is -4.71. The molecule has 6 nitrogen and oxygen atoms in total. The number of aliphatic carboxylic acids is 1. The van der Waals surface area contributed by atoms with Gasteiger partial charge in [-0.3, -0.25) is 9.78 Å². The topological polar surface area (TPSA) is 88.2 Å². The highest BCUT2D eigenvalue weighted by molar-refractivity contribution is 5.85. The quantitative estimate of drug-likeness (QED) is 0.252. The van der Waals surface area contributed by atoms with Crippen molar-refractivity contribution >= 4 is 17.3 Å². The van der Waals surface area contributed by atoms with E-state index in [0.29, 0.717) is 18.6 Å². The van der Waals surface area contributed by atoms with Gasteiger partial charge in [0, 0.05) is 23.1 Å². The van der Waals surface area contributed by atoms with Gasteiger partial charge >= 0.3 is 5.97 Å². The van der Waals surface area contributed by atoms with E-state index in [4.69, 9.17) is 4.52 Å². The lowest BCUT2D eigenvalue weighted by atomic mass is 9.93. The fraction of sp³-hybridized carbons (Fsp3) is 0.129. The maximum atomic E-state index is 11.6. The summed E-state index contributed by atoms with van der Waals surface area (Å²) in [5, 5.41) is 17.2. The molecule has 0 amide bonds. The van der Waals surface area contributed by atoms with Gasteiger partial charge in [0.05, 0.1) is 22.4 Å². The van der Waals surface area contributed by atoms with Crippen LogP contribution in [0.3, 0.4) is 0 Å². The van der Waals surface area contributed by atoms with Crippen molar-refractivity contribution in [3.63, 3.8) is 0 Å². The normalized spacial score (nSPS) is 13.8. The zero-order valence-electron chi connectivity index (χ0n) is 20.3. The number of carboxylic acid groups (broad SMARTS) is 1. The third kappa shape index (κ3) is 4.27. The SMILES string of the molecule is Cc1noc(-c2ccc(-c3ccc(C4(C(=O)O)CC4)cc3)cc2)c1-c1cc(Nc2ccccc2)ccn1. The van der Waals surface area contributed by atoms with Crippen LogP contribution in [0.15, 0.2) is 102 Å². The lowest BCUT2D eigenvalue weighted by Gasteiger charge is -2.11. The highest BCUT2D eigenvalue weighted by Gasteiger charge is 2.51. The first-order chi connectivity index (χ1) is 18.0. The van der Waals surface area contributed by atoms with Crippen molar-refractivity contribution < 1.29 is 14.4 Å². The number of para-hydroxylation sites is 1. The number of anilines is 2. The molecule has 6 rings (SSSR count). The van der Waals surface area contributed by atoms with E-state index in [-0.39, 0.29) is 0 Å². The predicted octanol–water partition coefficient (Wildman–Crippen LogP) is 7.24. The zero-order valence-corrected chi connectivity index (χ0v) is 20.3. The van der Waals surface area contributed by atoms with Crippen molar-refractivity contribution in [2.75, 3.05) is 5.32 Å². The van der Waals surface area contributed by atoms with Gasteiger partial charge in [0.2, 0.25) is 0 Å². The molecule has 0 aliphatic heterocycles. The van der Waals surface area contributed by atoms with Crippen LogP contribution in [0.4, 0.5) is 11.4 Å². The first-order valence-corrected chi connectivity index (χ1v) is 12.2. The highest BCUT2D eigenvalue weighted by atomic mass is 16.5. The van der Waals surface area contributed by atoms with E-state index in [9.17, 15) is 9.90 Å². The lowest BCUT2D eigenvalue weighted by Crippen LogP contribution is -2.19. The molecule has 2 aromatic heterocycles. The van der Waals surface area contributed by atoms with Crippen molar-refractivity contribution in [2.24, 2.45) is 0 Å². The van der Waals surface area contributed by atoms with Crippen LogP contribution in [-0.2, 0) is 10.2 Å². The summed E-state index contributed by atoms with van der Waals surface area (Å²) >= 11 is 0. The number of rotatable bonds is 7. The molecule has 0 unspecified atom stereocenters. The van der Waals surface area contributed by atoms with E-state index < -0.39 is 11.4 Å². The van der Waals surface area contributed by atoms with Crippen molar-refractivity contribution in [3.05, 3.63) is 108 Å². The molecule has 0 atom stereocenters. The van der Waals surface area contributed by atoms with Crippen LogP contribution >= 0.6 is 0 Å². The lowest BCUT2D eigenvalue weighted by molar-refractivity contribution is -0.140. The largest absolute Gasteiger partial charge is 0.481 e. The van der Waals surface area contributed by atoms with Gasteiger partial charge in [0.15, 0.2) is 5.76 Å². The Morgan fingerprint density at radius 3 is 2.16 bits per heavy atom. The Morgan fingerprint density at radius 1 is 0.865 bits per heavy atom. The fourth-order valence-electron chi connectivity index (χ4n) is 4.75. The van der Waals surface area contributed by atoms with E-state index in [2.05, 4.69) is 15.5 Å². The molecule has 1 fully saturated rings. The smallest absolute Gasteiger partial charge is 0.314 e. The summed E-state index contributed by atoms with van der Waals surface area (Å²) in [6.45, 7) is 1.92. The number of carboxylic acids is 1. The molecule has 37 heavy (non-hydrogen) atoms. The average Bonchev–Trinajstić information content (AvgIpc) is 3.66. The first kappa shape index (κ1) is 22.7. The number of hydrogen-bond acceptors (Lipinski definition) is 5. The van der Waals surface area contributed by atoms with Gasteiger partial charge in [-0.1, -0.05) is 71.9 Å². The van der Waals surface area contributed by atoms with Crippen LogP contribution in [0.1, 0.15) is 24.1 Å². The molecule has 1 saturated carbocycles. The summed E-state index contributed by atoms with van der Waals surface area (Å²) in [4.78, 5) is 16.2. The van der Waals surface area contributed by atoms with Crippen molar-refractivity contribution in [2.45, 2.75) is 25.2 Å². The van der Waals surface area contributed by atoms with Crippen LogP contribution in [-0.4, -0.2) is 21.2 Å². The molecule has 1 aliphatic rings. The second kappa shape index (κ2) is 9.06. The van der Waals surface area contributed by atoms with Gasteiger partial charge in [-0.15, -0.1) is 0 Å². The molecule has 0 bridgehead atoms. The Labute approximate surface area is 214 Å². The minimum Gasteiger partial charge on any atom is -0.481 e. The first-order valence-electron chi connectivity index (χ1n) is 12.2. The number of aryl methyl sites for hydroxylation is 1. The molecule has 1 aliphatic carbocycles. The number of nitrogens with zero attached hydrogens (tertiary/aromatic N) is 2. The van der Waals surface area contributed by atoms with Crippen molar-refractivity contribution in [1.82, 2.24) is 10.1 Å². The van der Waals surface area contributed by atoms with Crippen molar-refractivity contribution in [1.29, 1.82) is 0 Å². The molecular formula is C31H25N3O3. The van der Waals surface area contributed by atoms with Crippen LogP contribution in [0.5, 0.6) is 0 Å².